The van der Waals surface area contributed by atoms with E-state index in [0.29, 0.717) is 6.54 Å². The molecule has 0 bridgehead atoms. The van der Waals surface area contributed by atoms with Crippen LogP contribution >= 0.6 is 0 Å². The van der Waals surface area contributed by atoms with Crippen LogP contribution in [0.1, 0.15) is 19.5 Å². The number of pyridine rings is 1. The van der Waals surface area contributed by atoms with Gasteiger partial charge in [0.25, 0.3) is 0 Å². The van der Waals surface area contributed by atoms with E-state index in [0.717, 1.165) is 17.8 Å². The van der Waals surface area contributed by atoms with Crippen molar-refractivity contribution in [1.29, 1.82) is 0 Å². The largest absolute Gasteiger partial charge is 0.329 e. The Morgan fingerprint density at radius 3 is 2.61 bits per heavy atom. The molecule has 0 unspecified atom stereocenters. The first-order valence-electron chi connectivity index (χ1n) is 6.29. The average molecular weight is 243 g/mol. The van der Waals surface area contributed by atoms with Crippen molar-refractivity contribution < 1.29 is 0 Å². The lowest BCUT2D eigenvalue weighted by molar-refractivity contribution is 0.154. The summed E-state index contributed by atoms with van der Waals surface area (Å²) in [6.07, 6.45) is 0. The summed E-state index contributed by atoms with van der Waals surface area (Å²) in [6.45, 7) is 5.74. The molecule has 3 heteroatoms. The van der Waals surface area contributed by atoms with Crippen molar-refractivity contribution >= 4 is 10.9 Å². The smallest absolute Gasteiger partial charge is 0.0705 e. The summed E-state index contributed by atoms with van der Waals surface area (Å²) in [4.78, 5) is 6.92. The fraction of sp³-hybridized carbons (Fsp3) is 0.400. The standard InChI is InChI=1S/C15H21N3/c1-15(2,11-16)18(3)10-13-9-8-12-6-4-5-7-14(12)17-13/h4-9H,10-11,16H2,1-3H3. The maximum atomic E-state index is 5.79. The molecule has 2 N–H and O–H groups in total. The number of rotatable bonds is 4. The summed E-state index contributed by atoms with van der Waals surface area (Å²) >= 11 is 0. The Morgan fingerprint density at radius 2 is 1.89 bits per heavy atom. The van der Waals surface area contributed by atoms with E-state index < -0.39 is 0 Å². The molecule has 96 valence electrons. The van der Waals surface area contributed by atoms with Gasteiger partial charge in [0, 0.05) is 24.0 Å². The minimum Gasteiger partial charge on any atom is -0.329 e. The summed E-state index contributed by atoms with van der Waals surface area (Å²) < 4.78 is 0. The molecule has 0 amide bonds. The number of benzene rings is 1. The van der Waals surface area contributed by atoms with Crippen LogP contribution in [0.25, 0.3) is 10.9 Å². The van der Waals surface area contributed by atoms with Gasteiger partial charge >= 0.3 is 0 Å². The number of para-hydroxylation sites is 1. The zero-order valence-corrected chi connectivity index (χ0v) is 11.4. The van der Waals surface area contributed by atoms with Gasteiger partial charge in [0.2, 0.25) is 0 Å². The molecule has 0 saturated heterocycles. The molecule has 3 nitrogen and oxygen atoms in total. The second kappa shape index (κ2) is 5.04. The Bertz CT molecular complexity index is 534. The van der Waals surface area contributed by atoms with Gasteiger partial charge in [-0.05, 0) is 33.0 Å². The molecule has 0 radical (unpaired) electrons. The normalized spacial score (nSPS) is 12.3. The van der Waals surface area contributed by atoms with Crippen molar-refractivity contribution in [2.45, 2.75) is 25.9 Å². The SMILES string of the molecule is CN(Cc1ccc2ccccc2n1)C(C)(C)CN. The lowest BCUT2D eigenvalue weighted by Gasteiger charge is -2.34. The number of nitrogens with zero attached hydrogens (tertiary/aromatic N) is 2. The lowest BCUT2D eigenvalue weighted by atomic mass is 10.0. The number of hydrogen-bond donors (Lipinski definition) is 1. The zero-order valence-electron chi connectivity index (χ0n) is 11.4. The van der Waals surface area contributed by atoms with Crippen molar-refractivity contribution in [3.05, 3.63) is 42.1 Å². The minimum absolute atomic E-state index is 0.00662. The molecule has 0 aliphatic heterocycles. The van der Waals surface area contributed by atoms with Crippen LogP contribution in [-0.4, -0.2) is 29.0 Å². The molecule has 0 spiro atoms. The monoisotopic (exact) mass is 243 g/mol. The van der Waals surface area contributed by atoms with Crippen LogP contribution in [0.15, 0.2) is 36.4 Å². The van der Waals surface area contributed by atoms with Crippen molar-refractivity contribution in [1.82, 2.24) is 9.88 Å². The van der Waals surface area contributed by atoms with E-state index in [9.17, 15) is 0 Å². The van der Waals surface area contributed by atoms with Crippen LogP contribution in [0.4, 0.5) is 0 Å². The van der Waals surface area contributed by atoms with Gasteiger partial charge in [-0.2, -0.15) is 0 Å². The number of likely N-dealkylation sites (N-methyl/N-ethyl adjacent to an activating group) is 1. The fourth-order valence-electron chi connectivity index (χ4n) is 1.81. The van der Waals surface area contributed by atoms with E-state index in [1.807, 2.05) is 18.2 Å². The third-order valence-electron chi connectivity index (χ3n) is 3.59. The highest BCUT2D eigenvalue weighted by molar-refractivity contribution is 5.78. The van der Waals surface area contributed by atoms with Gasteiger partial charge in [-0.1, -0.05) is 24.3 Å². The quantitative estimate of drug-likeness (QED) is 0.896. The first-order valence-corrected chi connectivity index (χ1v) is 6.29. The summed E-state index contributed by atoms with van der Waals surface area (Å²) in [7, 11) is 2.09. The maximum absolute atomic E-state index is 5.79. The highest BCUT2D eigenvalue weighted by Crippen LogP contribution is 2.16. The summed E-state index contributed by atoms with van der Waals surface area (Å²) in [5, 5.41) is 1.18. The lowest BCUT2D eigenvalue weighted by Crippen LogP contribution is -2.46. The summed E-state index contributed by atoms with van der Waals surface area (Å²) in [5.74, 6) is 0. The van der Waals surface area contributed by atoms with Crippen LogP contribution in [0, 0.1) is 0 Å². The van der Waals surface area contributed by atoms with Crippen molar-refractivity contribution in [3.63, 3.8) is 0 Å². The van der Waals surface area contributed by atoms with E-state index in [1.54, 1.807) is 0 Å². The molecule has 0 saturated carbocycles. The predicted molar refractivity (Wildman–Crippen MR) is 76.3 cm³/mol. The Balaban J connectivity index is 2.22. The molecule has 1 heterocycles. The average Bonchev–Trinajstić information content (AvgIpc) is 2.38. The minimum atomic E-state index is -0.00662. The molecule has 2 aromatic rings. The molecule has 18 heavy (non-hydrogen) atoms. The zero-order chi connectivity index (χ0) is 13.2. The molecular weight excluding hydrogens is 222 g/mol. The Morgan fingerprint density at radius 1 is 1.17 bits per heavy atom. The highest BCUT2D eigenvalue weighted by Gasteiger charge is 2.21. The molecule has 2 rings (SSSR count). The highest BCUT2D eigenvalue weighted by atomic mass is 15.2. The van der Waals surface area contributed by atoms with Gasteiger partial charge in [0.1, 0.15) is 0 Å². The summed E-state index contributed by atoms with van der Waals surface area (Å²) in [6, 6.07) is 12.4. The van der Waals surface area contributed by atoms with Gasteiger partial charge in [0.05, 0.1) is 11.2 Å². The molecule has 0 fully saturated rings. The van der Waals surface area contributed by atoms with Crippen LogP contribution in [0.5, 0.6) is 0 Å². The van der Waals surface area contributed by atoms with Crippen molar-refractivity contribution in [2.75, 3.05) is 13.6 Å². The van der Waals surface area contributed by atoms with Gasteiger partial charge in [0.15, 0.2) is 0 Å². The van der Waals surface area contributed by atoms with Crippen LogP contribution in [0.2, 0.25) is 0 Å². The molecule has 0 atom stereocenters. The van der Waals surface area contributed by atoms with Crippen LogP contribution < -0.4 is 5.73 Å². The van der Waals surface area contributed by atoms with Gasteiger partial charge < -0.3 is 5.73 Å². The fourth-order valence-corrected chi connectivity index (χ4v) is 1.81. The van der Waals surface area contributed by atoms with Gasteiger partial charge in [-0.15, -0.1) is 0 Å². The van der Waals surface area contributed by atoms with Gasteiger partial charge in [-0.3, -0.25) is 9.88 Å². The third-order valence-corrected chi connectivity index (χ3v) is 3.59. The number of fused-ring (bicyclic) bond motifs is 1. The van der Waals surface area contributed by atoms with E-state index in [1.165, 1.54) is 5.39 Å². The first-order chi connectivity index (χ1) is 8.53. The third kappa shape index (κ3) is 2.68. The van der Waals surface area contributed by atoms with E-state index in [2.05, 4.69) is 49.0 Å². The second-order valence-corrected chi connectivity index (χ2v) is 5.37. The number of nitrogens with two attached hydrogens (primary N) is 1. The number of hydrogen-bond acceptors (Lipinski definition) is 3. The first kappa shape index (κ1) is 13.0. The molecular formula is C15H21N3. The number of aromatic nitrogens is 1. The second-order valence-electron chi connectivity index (χ2n) is 5.37. The van der Waals surface area contributed by atoms with E-state index >= 15 is 0 Å². The molecule has 1 aromatic carbocycles. The van der Waals surface area contributed by atoms with Crippen LogP contribution in [0.3, 0.4) is 0 Å². The maximum Gasteiger partial charge on any atom is 0.0705 e. The Hall–Kier alpha value is -1.45. The van der Waals surface area contributed by atoms with Crippen molar-refractivity contribution in [2.24, 2.45) is 5.73 Å². The molecule has 1 aromatic heterocycles. The molecule has 0 aliphatic rings. The summed E-state index contributed by atoms with van der Waals surface area (Å²) in [5.41, 5.74) is 7.91. The topological polar surface area (TPSA) is 42.2 Å². The Labute approximate surface area is 109 Å². The van der Waals surface area contributed by atoms with Crippen molar-refractivity contribution in [3.8, 4) is 0 Å². The van der Waals surface area contributed by atoms with Gasteiger partial charge in [-0.25, -0.2) is 0 Å². The van der Waals surface area contributed by atoms with Crippen LogP contribution in [-0.2, 0) is 6.54 Å². The van der Waals surface area contributed by atoms with E-state index in [-0.39, 0.29) is 5.54 Å². The molecule has 0 aliphatic carbocycles. The predicted octanol–water partition coefficient (Wildman–Crippen LogP) is 2.40. The Kier molecular flexibility index (Phi) is 3.64. The van der Waals surface area contributed by atoms with E-state index in [4.69, 9.17) is 5.73 Å².